The molecule has 7 nitrogen and oxygen atoms in total. The molecular formula is C22H12F6N6O. The smallest absolute Gasteiger partial charge is 0.359 e. The summed E-state index contributed by atoms with van der Waals surface area (Å²) in [6, 6.07) is 7.87. The lowest BCUT2D eigenvalue weighted by Gasteiger charge is -2.14. The van der Waals surface area contributed by atoms with E-state index in [1.165, 1.54) is 16.9 Å². The zero-order valence-corrected chi connectivity index (χ0v) is 17.3. The number of halogens is 6. The van der Waals surface area contributed by atoms with Crippen molar-refractivity contribution in [3.8, 4) is 34.2 Å². The van der Waals surface area contributed by atoms with Crippen LogP contribution in [0.5, 0.6) is 0 Å². The summed E-state index contributed by atoms with van der Waals surface area (Å²) >= 11 is 0. The number of hydrogen-bond donors (Lipinski definition) is 0. The Hall–Kier alpha value is -4.29. The first-order valence-corrected chi connectivity index (χ1v) is 9.94. The summed E-state index contributed by atoms with van der Waals surface area (Å²) in [5, 5.41) is 7.81. The van der Waals surface area contributed by atoms with Gasteiger partial charge in [-0.15, -0.1) is 0 Å². The van der Waals surface area contributed by atoms with Gasteiger partial charge in [0.15, 0.2) is 11.6 Å². The van der Waals surface area contributed by atoms with Crippen LogP contribution in [0.15, 0.2) is 65.6 Å². The molecule has 2 aliphatic rings. The minimum absolute atomic E-state index is 0.0172. The standard InChI is InChI=1S/C22H12F6N6O/c23-21(24,25)12-4-5-14(15(7-12)22(26,27)28)17-8-13(35-33-17)10-34-11-19-18(9-30-34)31-20(32-19)16-3-1-2-6-29-16/h1-9,11H,10H2. The van der Waals surface area contributed by atoms with E-state index in [1.54, 1.807) is 30.6 Å². The van der Waals surface area contributed by atoms with Gasteiger partial charge in [-0.1, -0.05) is 17.3 Å². The molecule has 3 aromatic rings. The Labute approximate surface area is 192 Å². The summed E-state index contributed by atoms with van der Waals surface area (Å²) in [6.07, 6.45) is -5.32. The lowest BCUT2D eigenvalue weighted by atomic mass is 10.0. The molecule has 0 amide bonds. The summed E-state index contributed by atoms with van der Waals surface area (Å²) in [5.41, 5.74) is -2.07. The van der Waals surface area contributed by atoms with Crippen LogP contribution in [0.4, 0.5) is 26.3 Å². The van der Waals surface area contributed by atoms with Crippen LogP contribution in [0.25, 0.3) is 34.2 Å². The first-order valence-electron chi connectivity index (χ1n) is 9.94. The predicted octanol–water partition coefficient (Wildman–Crippen LogP) is 5.58. The van der Waals surface area contributed by atoms with E-state index >= 15 is 0 Å². The van der Waals surface area contributed by atoms with E-state index in [9.17, 15) is 26.3 Å². The first kappa shape index (κ1) is 22.5. The first-order chi connectivity index (χ1) is 16.6. The van der Waals surface area contributed by atoms with Gasteiger partial charge >= 0.3 is 12.4 Å². The fraction of sp³-hybridized carbons (Fsp3) is 0.136. The molecule has 0 atom stereocenters. The Morgan fingerprint density at radius 2 is 1.63 bits per heavy atom. The van der Waals surface area contributed by atoms with Crippen molar-refractivity contribution in [3.05, 3.63) is 77.9 Å². The van der Waals surface area contributed by atoms with Crippen LogP contribution < -0.4 is 0 Å². The van der Waals surface area contributed by atoms with Crippen molar-refractivity contribution in [3.63, 3.8) is 0 Å². The summed E-state index contributed by atoms with van der Waals surface area (Å²) in [4.78, 5) is 13.0. The average molecular weight is 490 g/mol. The zero-order valence-electron chi connectivity index (χ0n) is 17.3. The number of benzene rings is 1. The van der Waals surface area contributed by atoms with Crippen molar-refractivity contribution in [1.29, 1.82) is 0 Å². The van der Waals surface area contributed by atoms with Crippen LogP contribution >= 0.6 is 0 Å². The Kier molecular flexibility index (Phi) is 5.26. The van der Waals surface area contributed by atoms with Crippen LogP contribution in [0.3, 0.4) is 0 Å². The average Bonchev–Trinajstić information content (AvgIpc) is 3.45. The van der Waals surface area contributed by atoms with Gasteiger partial charge < -0.3 is 4.52 Å². The molecule has 13 heteroatoms. The molecule has 5 rings (SSSR count). The van der Waals surface area contributed by atoms with Crippen molar-refractivity contribution < 1.29 is 30.9 Å². The van der Waals surface area contributed by atoms with Gasteiger partial charge in [0.05, 0.1) is 23.5 Å². The molecular weight excluding hydrogens is 478 g/mol. The fourth-order valence-corrected chi connectivity index (χ4v) is 3.41. The third-order valence-electron chi connectivity index (χ3n) is 5.01. The number of imidazole rings is 1. The maximum atomic E-state index is 13.5. The SMILES string of the molecule is FC(F)(F)c1ccc(-c2cc(Cn3cc4nc(-c5ccccn5)nc-4cn3)on2)c(C(F)(F)F)c1. The van der Waals surface area contributed by atoms with E-state index in [0.29, 0.717) is 29.0 Å². The summed E-state index contributed by atoms with van der Waals surface area (Å²) in [6.45, 7) is -0.0172. The Morgan fingerprint density at radius 3 is 2.34 bits per heavy atom. The molecule has 2 aliphatic heterocycles. The molecule has 0 saturated carbocycles. The quantitative estimate of drug-likeness (QED) is 0.306. The molecule has 178 valence electrons. The number of pyridine rings is 1. The molecule has 4 heterocycles. The van der Waals surface area contributed by atoms with Gasteiger partial charge in [0.1, 0.15) is 29.3 Å². The van der Waals surface area contributed by atoms with Crippen LogP contribution in [-0.4, -0.2) is 29.9 Å². The van der Waals surface area contributed by atoms with Gasteiger partial charge in [0.2, 0.25) is 0 Å². The molecule has 0 N–H and O–H groups in total. The number of alkyl halides is 6. The minimum atomic E-state index is -5.03. The van der Waals surface area contributed by atoms with Gasteiger partial charge in [0, 0.05) is 17.8 Å². The van der Waals surface area contributed by atoms with E-state index in [0.717, 1.165) is 6.07 Å². The Bertz CT molecular complexity index is 1460. The highest BCUT2D eigenvalue weighted by atomic mass is 19.4. The monoisotopic (exact) mass is 490 g/mol. The van der Waals surface area contributed by atoms with Crippen molar-refractivity contribution in [2.75, 3.05) is 0 Å². The molecule has 35 heavy (non-hydrogen) atoms. The minimum Gasteiger partial charge on any atom is -0.359 e. The van der Waals surface area contributed by atoms with Gasteiger partial charge in [0.25, 0.3) is 0 Å². The number of hydrogen-bond acceptors (Lipinski definition) is 6. The van der Waals surface area contributed by atoms with Gasteiger partial charge in [-0.2, -0.15) is 31.4 Å². The number of nitrogens with zero attached hydrogens (tertiary/aromatic N) is 6. The molecule has 0 unspecified atom stereocenters. The van der Waals surface area contributed by atoms with Crippen LogP contribution in [-0.2, 0) is 18.9 Å². The normalized spacial score (nSPS) is 12.4. The van der Waals surface area contributed by atoms with E-state index in [1.807, 2.05) is 0 Å². The topological polar surface area (TPSA) is 82.5 Å². The van der Waals surface area contributed by atoms with E-state index in [-0.39, 0.29) is 24.1 Å². The van der Waals surface area contributed by atoms with Gasteiger partial charge in [-0.25, -0.2) is 9.97 Å². The molecule has 0 fully saturated rings. The Morgan fingerprint density at radius 1 is 0.829 bits per heavy atom. The van der Waals surface area contributed by atoms with Crippen LogP contribution in [0.2, 0.25) is 0 Å². The molecule has 1 aromatic carbocycles. The summed E-state index contributed by atoms with van der Waals surface area (Å²) in [7, 11) is 0. The highest BCUT2D eigenvalue weighted by Gasteiger charge is 2.39. The van der Waals surface area contributed by atoms with Crippen molar-refractivity contribution in [2.24, 2.45) is 0 Å². The molecule has 0 radical (unpaired) electrons. The molecule has 0 aliphatic carbocycles. The predicted molar refractivity (Wildman–Crippen MR) is 109 cm³/mol. The number of aromatic nitrogens is 6. The number of rotatable bonds is 4. The lowest BCUT2D eigenvalue weighted by molar-refractivity contribution is -0.142. The van der Waals surface area contributed by atoms with E-state index in [4.69, 9.17) is 4.52 Å². The van der Waals surface area contributed by atoms with Crippen molar-refractivity contribution in [2.45, 2.75) is 18.9 Å². The van der Waals surface area contributed by atoms with Gasteiger partial charge in [-0.3, -0.25) is 9.67 Å². The second-order valence-corrected chi connectivity index (χ2v) is 7.44. The second-order valence-electron chi connectivity index (χ2n) is 7.44. The third kappa shape index (κ3) is 4.56. The number of fused-ring (bicyclic) bond motifs is 1. The Balaban J connectivity index is 1.43. The summed E-state index contributed by atoms with van der Waals surface area (Å²) < 4.78 is 85.7. The largest absolute Gasteiger partial charge is 0.417 e. The third-order valence-corrected chi connectivity index (χ3v) is 5.01. The fourth-order valence-electron chi connectivity index (χ4n) is 3.41. The maximum absolute atomic E-state index is 13.5. The van der Waals surface area contributed by atoms with Gasteiger partial charge in [-0.05, 0) is 24.3 Å². The van der Waals surface area contributed by atoms with E-state index in [2.05, 4.69) is 25.2 Å². The highest BCUT2D eigenvalue weighted by Crippen LogP contribution is 2.40. The molecule has 0 saturated heterocycles. The molecule has 0 spiro atoms. The maximum Gasteiger partial charge on any atom is 0.417 e. The zero-order chi connectivity index (χ0) is 24.8. The summed E-state index contributed by atoms with van der Waals surface area (Å²) in [5.74, 6) is 0.540. The second kappa shape index (κ2) is 8.18. The molecule has 0 bridgehead atoms. The van der Waals surface area contributed by atoms with E-state index < -0.39 is 29.0 Å². The highest BCUT2D eigenvalue weighted by molar-refractivity contribution is 5.65. The van der Waals surface area contributed by atoms with Crippen LogP contribution in [0, 0.1) is 0 Å². The van der Waals surface area contributed by atoms with Crippen molar-refractivity contribution in [1.82, 2.24) is 29.9 Å². The molecule has 2 aromatic heterocycles. The van der Waals surface area contributed by atoms with Crippen molar-refractivity contribution >= 4 is 0 Å². The lowest BCUT2D eigenvalue weighted by Crippen LogP contribution is -2.12. The van der Waals surface area contributed by atoms with Crippen LogP contribution in [0.1, 0.15) is 16.9 Å².